The van der Waals surface area contributed by atoms with Crippen LogP contribution in [0.25, 0.3) is 5.69 Å². The molecule has 2 aromatic carbocycles. The van der Waals surface area contributed by atoms with Crippen LogP contribution in [0.5, 0.6) is 5.75 Å². The lowest BCUT2D eigenvalue weighted by molar-refractivity contribution is 0.0908. The molecule has 3 N–H and O–H groups in total. The zero-order chi connectivity index (χ0) is 17.8. The van der Waals surface area contributed by atoms with E-state index in [1.165, 1.54) is 35.1 Å². The summed E-state index contributed by atoms with van der Waals surface area (Å²) in [6.45, 7) is -0.0951. The molecule has 1 heterocycles. The number of hydrogen-bond acceptors (Lipinski definition) is 4. The second-order valence-corrected chi connectivity index (χ2v) is 5.42. The minimum absolute atomic E-state index is 0.0951. The van der Waals surface area contributed by atoms with Crippen molar-refractivity contribution in [2.75, 3.05) is 6.54 Å². The smallest absolute Gasteiger partial charge is 0.275 e. The van der Waals surface area contributed by atoms with Crippen LogP contribution in [0.2, 0.25) is 0 Å². The van der Waals surface area contributed by atoms with Gasteiger partial charge in [-0.2, -0.15) is 5.10 Å². The van der Waals surface area contributed by atoms with Crippen molar-refractivity contribution in [3.05, 3.63) is 77.9 Å². The summed E-state index contributed by atoms with van der Waals surface area (Å²) in [5.74, 6) is -1.29. The van der Waals surface area contributed by atoms with Crippen molar-refractivity contribution >= 4 is 5.91 Å². The lowest BCUT2D eigenvalue weighted by atomic mass is 10.1. The summed E-state index contributed by atoms with van der Waals surface area (Å²) in [6, 6.07) is 14.4. The first-order chi connectivity index (χ1) is 12.0. The van der Waals surface area contributed by atoms with Gasteiger partial charge in [-0.3, -0.25) is 4.79 Å². The molecule has 0 saturated heterocycles. The van der Waals surface area contributed by atoms with Crippen molar-refractivity contribution in [1.82, 2.24) is 15.1 Å². The molecule has 128 valence electrons. The minimum Gasteiger partial charge on any atom is -0.504 e. The van der Waals surface area contributed by atoms with Gasteiger partial charge in [0.1, 0.15) is 5.82 Å². The fourth-order valence-electron chi connectivity index (χ4n) is 2.32. The molecule has 7 heteroatoms. The lowest BCUT2D eigenvalue weighted by Crippen LogP contribution is -2.28. The van der Waals surface area contributed by atoms with Gasteiger partial charge >= 0.3 is 0 Å². The molecule has 1 amide bonds. The van der Waals surface area contributed by atoms with Crippen molar-refractivity contribution in [3.8, 4) is 11.4 Å². The van der Waals surface area contributed by atoms with Crippen LogP contribution < -0.4 is 5.32 Å². The van der Waals surface area contributed by atoms with E-state index in [1.807, 2.05) is 18.2 Å². The average molecular weight is 341 g/mol. The van der Waals surface area contributed by atoms with Crippen LogP contribution in [-0.2, 0) is 0 Å². The van der Waals surface area contributed by atoms with Gasteiger partial charge in [0.15, 0.2) is 11.4 Å². The summed E-state index contributed by atoms with van der Waals surface area (Å²) >= 11 is 0. The number of aromatic nitrogens is 2. The highest BCUT2D eigenvalue weighted by atomic mass is 19.1. The predicted octanol–water partition coefficient (Wildman–Crippen LogP) is 2.18. The maximum atomic E-state index is 12.9. The second kappa shape index (κ2) is 7.14. The number of carbonyl (C=O) groups excluding carboxylic acids is 1. The SMILES string of the molecule is O=C(NCC(O)c1ccc(F)cc1)c1nn(-c2ccccc2)cc1O. The Morgan fingerprint density at radius 1 is 1.16 bits per heavy atom. The summed E-state index contributed by atoms with van der Waals surface area (Å²) in [5.41, 5.74) is 1.03. The van der Waals surface area contributed by atoms with E-state index in [4.69, 9.17) is 0 Å². The third-order valence-electron chi connectivity index (χ3n) is 3.64. The summed E-state index contributed by atoms with van der Waals surface area (Å²) in [4.78, 5) is 12.2. The van der Waals surface area contributed by atoms with Gasteiger partial charge in [-0.25, -0.2) is 9.07 Å². The Morgan fingerprint density at radius 3 is 2.52 bits per heavy atom. The number of amides is 1. The first-order valence-electron chi connectivity index (χ1n) is 7.60. The summed E-state index contributed by atoms with van der Waals surface area (Å²) in [7, 11) is 0. The first-order valence-corrected chi connectivity index (χ1v) is 7.60. The molecule has 0 bridgehead atoms. The van der Waals surface area contributed by atoms with Crippen molar-refractivity contribution < 1.29 is 19.4 Å². The quantitative estimate of drug-likeness (QED) is 0.664. The third kappa shape index (κ3) is 3.84. The van der Waals surface area contributed by atoms with Gasteiger partial charge in [0.05, 0.1) is 18.0 Å². The number of nitrogens with zero attached hydrogens (tertiary/aromatic N) is 2. The number of para-hydroxylation sites is 1. The van der Waals surface area contributed by atoms with Gasteiger partial charge in [0, 0.05) is 6.54 Å². The van der Waals surface area contributed by atoms with Crippen molar-refractivity contribution in [1.29, 1.82) is 0 Å². The number of carbonyl (C=O) groups is 1. The van der Waals surface area contributed by atoms with Crippen LogP contribution in [0, 0.1) is 5.82 Å². The molecule has 1 unspecified atom stereocenters. The number of aliphatic hydroxyl groups is 1. The van der Waals surface area contributed by atoms with Crippen LogP contribution in [0.4, 0.5) is 4.39 Å². The number of rotatable bonds is 5. The molecule has 6 nitrogen and oxygen atoms in total. The summed E-state index contributed by atoms with van der Waals surface area (Å²) in [6.07, 6.45) is 0.337. The summed E-state index contributed by atoms with van der Waals surface area (Å²) < 4.78 is 14.3. The number of aliphatic hydroxyl groups excluding tert-OH is 1. The molecule has 0 fully saturated rings. The Morgan fingerprint density at radius 2 is 1.84 bits per heavy atom. The van der Waals surface area contributed by atoms with Crippen LogP contribution in [0.3, 0.4) is 0 Å². The normalized spacial score (nSPS) is 11.9. The monoisotopic (exact) mass is 341 g/mol. The Bertz CT molecular complexity index is 863. The number of aromatic hydroxyl groups is 1. The molecule has 1 aromatic heterocycles. The standard InChI is InChI=1S/C18H16FN3O3/c19-13-8-6-12(7-9-13)15(23)10-20-18(25)17-16(24)11-22(21-17)14-4-2-1-3-5-14/h1-9,11,15,23-24H,10H2,(H,20,25). The number of hydrogen-bond donors (Lipinski definition) is 3. The van der Waals surface area contributed by atoms with Gasteiger partial charge in [-0.05, 0) is 29.8 Å². The molecule has 1 atom stereocenters. The van der Waals surface area contributed by atoms with E-state index in [0.717, 1.165) is 0 Å². The number of nitrogens with one attached hydrogen (secondary N) is 1. The number of benzene rings is 2. The molecule has 0 saturated carbocycles. The van der Waals surface area contributed by atoms with Crippen molar-refractivity contribution in [3.63, 3.8) is 0 Å². The second-order valence-electron chi connectivity index (χ2n) is 5.42. The van der Waals surface area contributed by atoms with E-state index >= 15 is 0 Å². The highest BCUT2D eigenvalue weighted by molar-refractivity contribution is 5.94. The van der Waals surface area contributed by atoms with E-state index in [2.05, 4.69) is 10.4 Å². The molecule has 0 aliphatic rings. The minimum atomic E-state index is -0.997. The Labute approximate surface area is 143 Å². The molecule has 3 rings (SSSR count). The van der Waals surface area contributed by atoms with E-state index in [9.17, 15) is 19.4 Å². The molecule has 3 aromatic rings. The summed E-state index contributed by atoms with van der Waals surface area (Å²) in [5, 5.41) is 26.5. The maximum absolute atomic E-state index is 12.9. The molecule has 0 radical (unpaired) electrons. The topological polar surface area (TPSA) is 87.4 Å². The Balaban J connectivity index is 1.67. The molecular formula is C18H16FN3O3. The van der Waals surface area contributed by atoms with Crippen LogP contribution in [0.1, 0.15) is 22.2 Å². The van der Waals surface area contributed by atoms with Gasteiger partial charge in [0.25, 0.3) is 5.91 Å². The first kappa shape index (κ1) is 16.7. The molecule has 0 aliphatic carbocycles. The van der Waals surface area contributed by atoms with Gasteiger partial charge in [-0.15, -0.1) is 0 Å². The maximum Gasteiger partial charge on any atom is 0.275 e. The zero-order valence-corrected chi connectivity index (χ0v) is 13.1. The molecule has 0 aliphatic heterocycles. The van der Waals surface area contributed by atoms with Crippen LogP contribution in [0.15, 0.2) is 60.8 Å². The zero-order valence-electron chi connectivity index (χ0n) is 13.1. The van der Waals surface area contributed by atoms with Crippen LogP contribution >= 0.6 is 0 Å². The van der Waals surface area contributed by atoms with E-state index in [0.29, 0.717) is 11.3 Å². The fourth-order valence-corrected chi connectivity index (χ4v) is 2.32. The van der Waals surface area contributed by atoms with E-state index in [-0.39, 0.29) is 18.0 Å². The predicted molar refractivity (Wildman–Crippen MR) is 88.9 cm³/mol. The van der Waals surface area contributed by atoms with Crippen molar-refractivity contribution in [2.24, 2.45) is 0 Å². The average Bonchev–Trinajstić information content (AvgIpc) is 3.02. The van der Waals surface area contributed by atoms with E-state index < -0.39 is 17.8 Å². The fraction of sp³-hybridized carbons (Fsp3) is 0.111. The van der Waals surface area contributed by atoms with Crippen molar-refractivity contribution in [2.45, 2.75) is 6.10 Å². The highest BCUT2D eigenvalue weighted by Gasteiger charge is 2.18. The number of halogens is 1. The molecule has 25 heavy (non-hydrogen) atoms. The van der Waals surface area contributed by atoms with Gasteiger partial charge < -0.3 is 15.5 Å². The Kier molecular flexibility index (Phi) is 4.76. The van der Waals surface area contributed by atoms with E-state index in [1.54, 1.807) is 12.1 Å². The highest BCUT2D eigenvalue weighted by Crippen LogP contribution is 2.18. The lowest BCUT2D eigenvalue weighted by Gasteiger charge is -2.11. The van der Waals surface area contributed by atoms with Gasteiger partial charge in [-0.1, -0.05) is 30.3 Å². The van der Waals surface area contributed by atoms with Gasteiger partial charge in [0.2, 0.25) is 0 Å². The third-order valence-corrected chi connectivity index (χ3v) is 3.64. The van der Waals surface area contributed by atoms with Crippen LogP contribution in [-0.4, -0.2) is 32.4 Å². The Hall–Kier alpha value is -3.19. The molecular weight excluding hydrogens is 325 g/mol. The largest absolute Gasteiger partial charge is 0.504 e. The molecule has 0 spiro atoms.